The third-order valence-corrected chi connectivity index (χ3v) is 4.64. The molecule has 0 aliphatic heterocycles. The van der Waals surface area contributed by atoms with Gasteiger partial charge in [0, 0.05) is 12.9 Å². The van der Waals surface area contributed by atoms with Gasteiger partial charge in [-0.25, -0.2) is 17.2 Å². The van der Waals surface area contributed by atoms with Crippen LogP contribution in [-0.4, -0.2) is 39.9 Å². The lowest BCUT2D eigenvalue weighted by Crippen LogP contribution is -2.31. The first kappa shape index (κ1) is 16.1. The molecule has 19 heavy (non-hydrogen) atoms. The van der Waals surface area contributed by atoms with Gasteiger partial charge in [-0.1, -0.05) is 6.07 Å². The van der Waals surface area contributed by atoms with Gasteiger partial charge in [0.05, 0.1) is 13.7 Å². The zero-order valence-electron chi connectivity index (χ0n) is 10.4. The summed E-state index contributed by atoms with van der Waals surface area (Å²) in [5.74, 6) is 0.281. The molecule has 1 rings (SSSR count). The fourth-order valence-corrected chi connectivity index (χ4v) is 2.92. The van der Waals surface area contributed by atoms with E-state index < -0.39 is 23.0 Å². The van der Waals surface area contributed by atoms with Crippen molar-refractivity contribution in [3.63, 3.8) is 0 Å². The minimum absolute atomic E-state index is 0.0827. The van der Waals surface area contributed by atoms with Gasteiger partial charge < -0.3 is 4.74 Å². The maximum atomic E-state index is 12.3. The number of halogens is 3. The maximum Gasteiger partial charge on any atom is 0.252 e. The number of hydrogen-bond donors (Lipinski definition) is 0. The predicted octanol–water partition coefficient (Wildman–Crippen LogP) is 2.32. The zero-order chi connectivity index (χ0) is 14.6. The highest BCUT2D eigenvalue weighted by atomic mass is 35.5. The molecule has 0 saturated heterocycles. The van der Waals surface area contributed by atoms with Crippen molar-refractivity contribution >= 4 is 21.6 Å². The van der Waals surface area contributed by atoms with Crippen molar-refractivity contribution in [2.45, 2.75) is 17.2 Å². The molecule has 4 nitrogen and oxygen atoms in total. The van der Waals surface area contributed by atoms with Crippen LogP contribution in [0, 0.1) is 0 Å². The van der Waals surface area contributed by atoms with Crippen LogP contribution >= 0.6 is 11.6 Å². The largest absolute Gasteiger partial charge is 0.495 e. The topological polar surface area (TPSA) is 46.6 Å². The highest BCUT2D eigenvalue weighted by molar-refractivity contribution is 7.89. The monoisotopic (exact) mass is 313 g/mol. The smallest absolute Gasteiger partial charge is 0.252 e. The molecule has 0 bridgehead atoms. The average molecular weight is 314 g/mol. The summed E-state index contributed by atoms with van der Waals surface area (Å²) in [5, 5.41) is 0. The lowest BCUT2D eigenvalue weighted by atomic mass is 10.2. The molecule has 0 fully saturated rings. The van der Waals surface area contributed by atoms with Crippen molar-refractivity contribution in [2.75, 3.05) is 20.7 Å². The molecule has 8 heteroatoms. The van der Waals surface area contributed by atoms with Crippen molar-refractivity contribution in [1.82, 2.24) is 4.31 Å². The fourth-order valence-electron chi connectivity index (χ4n) is 1.47. The van der Waals surface area contributed by atoms with Gasteiger partial charge >= 0.3 is 0 Å². The number of benzene rings is 1. The number of alkyl halides is 3. The highest BCUT2D eigenvalue weighted by Gasteiger charge is 2.26. The van der Waals surface area contributed by atoms with Crippen LogP contribution in [0.25, 0.3) is 0 Å². The zero-order valence-corrected chi connectivity index (χ0v) is 12.0. The van der Waals surface area contributed by atoms with Crippen LogP contribution in [-0.2, 0) is 15.9 Å². The van der Waals surface area contributed by atoms with Crippen LogP contribution in [0.15, 0.2) is 23.1 Å². The van der Waals surface area contributed by atoms with E-state index in [0.29, 0.717) is 9.87 Å². The number of methoxy groups -OCH3 is 1. The summed E-state index contributed by atoms with van der Waals surface area (Å²) in [6, 6.07) is 4.28. The Labute approximate surface area is 116 Å². The lowest BCUT2D eigenvalue weighted by molar-refractivity contribution is 0.126. The van der Waals surface area contributed by atoms with E-state index >= 15 is 0 Å². The molecule has 1 aromatic carbocycles. The Morgan fingerprint density at radius 2 is 2.05 bits per heavy atom. The third kappa shape index (κ3) is 3.77. The molecule has 0 N–H and O–H groups in total. The Hall–Kier alpha value is -0.920. The normalized spacial score (nSPS) is 12.2. The van der Waals surface area contributed by atoms with Crippen LogP contribution in [0.3, 0.4) is 0 Å². The van der Waals surface area contributed by atoms with E-state index in [2.05, 4.69) is 0 Å². The summed E-state index contributed by atoms with van der Waals surface area (Å²) in [7, 11) is -1.62. The van der Waals surface area contributed by atoms with Gasteiger partial charge in [0.25, 0.3) is 6.43 Å². The quantitative estimate of drug-likeness (QED) is 0.757. The van der Waals surface area contributed by atoms with E-state index in [1.807, 2.05) is 0 Å². The van der Waals surface area contributed by atoms with Gasteiger partial charge in [-0.2, -0.15) is 4.31 Å². The van der Waals surface area contributed by atoms with E-state index in [9.17, 15) is 17.2 Å². The number of ether oxygens (including phenoxy) is 1. The molecule has 0 saturated carbocycles. The third-order valence-electron chi connectivity index (χ3n) is 2.47. The first-order valence-corrected chi connectivity index (χ1v) is 7.27. The van der Waals surface area contributed by atoms with E-state index in [4.69, 9.17) is 16.3 Å². The van der Waals surface area contributed by atoms with Gasteiger partial charge in [0.1, 0.15) is 10.6 Å². The SMILES string of the molecule is COc1cc(CCl)ccc1S(=O)(=O)N(C)CC(F)F. The second kappa shape index (κ2) is 6.49. The van der Waals surface area contributed by atoms with Crippen LogP contribution in [0.1, 0.15) is 5.56 Å². The Bertz CT molecular complexity index is 537. The highest BCUT2D eigenvalue weighted by Crippen LogP contribution is 2.28. The molecule has 0 aliphatic carbocycles. The summed E-state index contributed by atoms with van der Waals surface area (Å²) >= 11 is 5.64. The summed E-state index contributed by atoms with van der Waals surface area (Å²) in [6.45, 7) is -0.872. The number of rotatable bonds is 6. The fraction of sp³-hybridized carbons (Fsp3) is 0.455. The molecular formula is C11H14ClF2NO3S. The minimum atomic E-state index is -4.02. The Balaban J connectivity index is 3.21. The molecule has 0 amide bonds. The van der Waals surface area contributed by atoms with Crippen LogP contribution in [0.2, 0.25) is 0 Å². The summed E-state index contributed by atoms with van der Waals surface area (Å²) in [6.07, 6.45) is -2.74. The lowest BCUT2D eigenvalue weighted by Gasteiger charge is -2.18. The Morgan fingerprint density at radius 3 is 2.53 bits per heavy atom. The summed E-state index contributed by atoms with van der Waals surface area (Å²) < 4.78 is 54.4. The Kier molecular flexibility index (Phi) is 5.51. The second-order valence-corrected chi connectivity index (χ2v) is 6.08. The van der Waals surface area contributed by atoms with Crippen molar-refractivity contribution in [1.29, 1.82) is 0 Å². The Morgan fingerprint density at radius 1 is 1.42 bits per heavy atom. The molecule has 0 heterocycles. The molecule has 108 valence electrons. The molecule has 0 radical (unpaired) electrons. The number of hydrogen-bond acceptors (Lipinski definition) is 3. The van der Waals surface area contributed by atoms with Crippen LogP contribution < -0.4 is 4.74 Å². The van der Waals surface area contributed by atoms with E-state index in [1.165, 1.54) is 25.3 Å². The molecule has 0 unspecified atom stereocenters. The number of sulfonamides is 1. The second-order valence-electron chi connectivity index (χ2n) is 3.80. The first-order valence-electron chi connectivity index (χ1n) is 5.30. The summed E-state index contributed by atoms with van der Waals surface area (Å²) in [4.78, 5) is -0.160. The molecule has 1 aromatic rings. The van der Waals surface area contributed by atoms with Crippen molar-refractivity contribution in [2.24, 2.45) is 0 Å². The van der Waals surface area contributed by atoms with E-state index in [1.54, 1.807) is 0 Å². The molecule has 0 aromatic heterocycles. The standard InChI is InChI=1S/C11H14ClF2NO3S/c1-15(7-11(13)14)19(16,17)10-4-3-8(6-12)5-9(10)18-2/h3-5,11H,6-7H2,1-2H3. The first-order chi connectivity index (χ1) is 8.82. The van der Waals surface area contributed by atoms with E-state index in [-0.39, 0.29) is 16.5 Å². The van der Waals surface area contributed by atoms with Gasteiger partial charge in [0.15, 0.2) is 0 Å². The predicted molar refractivity (Wildman–Crippen MR) is 68.4 cm³/mol. The number of nitrogens with zero attached hydrogens (tertiary/aromatic N) is 1. The van der Waals surface area contributed by atoms with Crippen molar-refractivity contribution in [3.05, 3.63) is 23.8 Å². The summed E-state index contributed by atoms with van der Waals surface area (Å²) in [5.41, 5.74) is 0.675. The molecule has 0 atom stereocenters. The maximum absolute atomic E-state index is 12.3. The average Bonchev–Trinajstić information content (AvgIpc) is 2.36. The molecule has 0 spiro atoms. The molecular weight excluding hydrogens is 300 g/mol. The van der Waals surface area contributed by atoms with Gasteiger partial charge in [-0.3, -0.25) is 0 Å². The van der Waals surface area contributed by atoms with Crippen molar-refractivity contribution < 1.29 is 21.9 Å². The van der Waals surface area contributed by atoms with Crippen molar-refractivity contribution in [3.8, 4) is 5.75 Å². The van der Waals surface area contributed by atoms with Crippen LogP contribution in [0.5, 0.6) is 5.75 Å². The van der Waals surface area contributed by atoms with Crippen LogP contribution in [0.4, 0.5) is 8.78 Å². The van der Waals surface area contributed by atoms with Gasteiger partial charge in [0.2, 0.25) is 10.0 Å². The van der Waals surface area contributed by atoms with E-state index in [0.717, 1.165) is 7.05 Å². The minimum Gasteiger partial charge on any atom is -0.495 e. The van der Waals surface area contributed by atoms with Gasteiger partial charge in [-0.15, -0.1) is 11.6 Å². The molecule has 0 aliphatic rings. The van der Waals surface area contributed by atoms with Gasteiger partial charge in [-0.05, 0) is 17.7 Å².